The van der Waals surface area contributed by atoms with Crippen LogP contribution in [-0.4, -0.2) is 105 Å². The van der Waals surface area contributed by atoms with E-state index in [0.29, 0.717) is 17.3 Å². The minimum atomic E-state index is -3.11. The summed E-state index contributed by atoms with van der Waals surface area (Å²) in [6.45, 7) is 6.36. The third-order valence-electron chi connectivity index (χ3n) is 6.53. The summed E-state index contributed by atoms with van der Waals surface area (Å²) >= 11 is 25.8. The molecule has 0 saturated carbocycles. The zero-order valence-corrected chi connectivity index (χ0v) is 55.6. The van der Waals surface area contributed by atoms with Gasteiger partial charge in [-0.1, -0.05) is 14.9 Å². The number of imidazole rings is 7. The van der Waals surface area contributed by atoms with Crippen molar-refractivity contribution in [3.8, 4) is 0 Å². The number of hydrogen-bond donors (Lipinski definition) is 5. The average Bonchev–Trinajstić information content (AvgIpc) is 4.16. The van der Waals surface area contributed by atoms with Gasteiger partial charge in [-0.25, -0.2) is 43.9 Å². The first-order chi connectivity index (χ1) is 34.4. The van der Waals surface area contributed by atoms with Gasteiger partial charge in [-0.15, -0.1) is 11.6 Å². The van der Waals surface area contributed by atoms with Crippen LogP contribution in [0, 0.1) is 44.2 Å². The number of ketones is 2. The first-order valence-corrected chi connectivity index (χ1v) is 27.4. The van der Waals surface area contributed by atoms with Crippen LogP contribution in [0.3, 0.4) is 0 Å². The van der Waals surface area contributed by atoms with Crippen LogP contribution < -0.4 is 64.8 Å². The van der Waals surface area contributed by atoms with Crippen LogP contribution in [0.15, 0.2) is 107 Å². The molecule has 42 heteroatoms. The Kier molecular flexibility index (Phi) is 49.4. The van der Waals surface area contributed by atoms with E-state index in [4.69, 9.17) is 39.1 Å². The fourth-order valence-electron chi connectivity index (χ4n) is 3.97. The van der Waals surface area contributed by atoms with Crippen molar-refractivity contribution in [3.05, 3.63) is 140 Å². The quantitative estimate of drug-likeness (QED) is 0.0281. The molecule has 0 fully saturated rings. The van der Waals surface area contributed by atoms with Gasteiger partial charge in [0.1, 0.15) is 37.4 Å². The minimum Gasteiger partial charge on any atom is -0.917 e. The van der Waals surface area contributed by atoms with Gasteiger partial charge in [0, 0.05) is 40.6 Å². The van der Waals surface area contributed by atoms with Gasteiger partial charge in [0.2, 0.25) is 21.2 Å². The number of H-pyrrole nitrogens is 4. The average molecular weight is 1600 g/mol. The molecular weight excluding hydrogens is 1550 g/mol. The van der Waals surface area contributed by atoms with E-state index in [0.717, 1.165) is 19.6 Å². The number of Topliss-reactive ketones (excluding diaryl/α,β-unsaturated/α-hetero) is 2. The molecule has 9 aromatic heterocycles. The SMILES string of the molecule is BrBr.Brc1cnc[nH]1.Brc1nc[nH]c1Br.C.C.CC(=O)CCl.CC(=O)Cn1cnc(Br)c1[N+](=O)[O-].Cc1cn2cnc(N)c2o1.Cc1cn2cnc([N+](=O)[O-])c2o1.O=[N+]([O-])c1[nH]cnc1Br.O=[S-](=O)[O-].[Na+].[Na+].c1c[nH]cn1. The number of aromatic nitrogens is 14. The topological polar surface area (TPSA) is 440 Å². The maximum absolute atomic E-state index is 10.7. The van der Waals surface area contributed by atoms with Crippen LogP contribution in [0.2, 0.25) is 0 Å². The van der Waals surface area contributed by atoms with Crippen molar-refractivity contribution < 1.29 is 105 Å². The Morgan fingerprint density at radius 2 is 1.25 bits per heavy atom. The van der Waals surface area contributed by atoms with E-state index in [1.165, 1.54) is 41.8 Å². The molecule has 9 heterocycles. The third-order valence-corrected chi connectivity index (χ3v) is 10.2. The normalized spacial score (nSPS) is 8.96. The molecule has 0 aliphatic carbocycles. The molecule has 0 aromatic carbocycles. The molecule has 0 radical (unpaired) electrons. The summed E-state index contributed by atoms with van der Waals surface area (Å²) in [5.41, 5.74) is 6.26. The van der Waals surface area contributed by atoms with Gasteiger partial charge in [0.05, 0.1) is 43.5 Å². The second kappa shape index (κ2) is 46.2. The number of oxazole rings is 2. The molecule has 9 aromatic rings. The van der Waals surface area contributed by atoms with Crippen LogP contribution in [0.1, 0.15) is 40.2 Å². The van der Waals surface area contributed by atoms with Gasteiger partial charge in [0.15, 0.2) is 30.8 Å². The summed E-state index contributed by atoms with van der Waals surface area (Å²) < 4.78 is 43.0. The molecule has 31 nitrogen and oxygen atoms in total. The smallest absolute Gasteiger partial charge is 0.917 e. The van der Waals surface area contributed by atoms with E-state index >= 15 is 0 Å². The molecule has 77 heavy (non-hydrogen) atoms. The number of aromatic amines is 4. The molecule has 0 saturated heterocycles. The number of carbonyl (C=O) groups is 2. The van der Waals surface area contributed by atoms with Crippen molar-refractivity contribution in [1.82, 2.24) is 68.2 Å². The Morgan fingerprint density at radius 3 is 1.56 bits per heavy atom. The van der Waals surface area contributed by atoms with Crippen molar-refractivity contribution in [2.45, 2.75) is 49.1 Å². The number of nitrogens with two attached hydrogens (primary N) is 1. The van der Waals surface area contributed by atoms with Crippen molar-refractivity contribution in [3.63, 3.8) is 0 Å². The fourth-order valence-corrected chi connectivity index (χ4v) is 5.44. The predicted molar refractivity (Wildman–Crippen MR) is 297 cm³/mol. The van der Waals surface area contributed by atoms with Crippen LogP contribution in [-0.2, 0) is 35.5 Å². The zero-order valence-electron chi connectivity index (χ0n) is 39.0. The molecule has 0 amide bonds. The number of halogens is 8. The van der Waals surface area contributed by atoms with Gasteiger partial charge >= 0.3 is 82.3 Å². The van der Waals surface area contributed by atoms with Crippen molar-refractivity contribution >= 4 is 177 Å². The predicted octanol–water partition coefficient (Wildman–Crippen LogP) is 4.91. The number of alkyl halides is 1. The van der Waals surface area contributed by atoms with Gasteiger partial charge in [-0.2, -0.15) is 11.0 Å². The molecule has 0 bridgehead atoms. The molecule has 6 N–H and O–H groups in total. The number of anilines is 1. The molecule has 0 unspecified atom stereocenters. The monoisotopic (exact) mass is 1590 g/mol. The molecule has 414 valence electrons. The fraction of sp³-hybridized carbons (Fsp3) is 0.229. The second-order valence-corrected chi connectivity index (χ2v) is 16.6. The van der Waals surface area contributed by atoms with E-state index in [1.54, 1.807) is 61.4 Å². The molecule has 9 rings (SSSR count). The first kappa shape index (κ1) is 82.3. The van der Waals surface area contributed by atoms with Crippen LogP contribution in [0.25, 0.3) is 11.4 Å². The van der Waals surface area contributed by atoms with Crippen molar-refractivity contribution in [1.29, 1.82) is 0 Å². The zero-order chi connectivity index (χ0) is 55.8. The Balaban J connectivity index is -0.000000255. The number of aryl methyl sites for hydroxylation is 2. The molecule has 0 spiro atoms. The summed E-state index contributed by atoms with van der Waals surface area (Å²) in [4.78, 5) is 86.1. The molecule has 0 aliphatic rings. The number of nitrogens with one attached hydrogen (secondary N) is 4. The Morgan fingerprint density at radius 1 is 0.727 bits per heavy atom. The van der Waals surface area contributed by atoms with Crippen LogP contribution in [0.4, 0.5) is 23.3 Å². The van der Waals surface area contributed by atoms with Gasteiger partial charge in [-0.05, 0) is 127 Å². The maximum Gasteiger partial charge on any atom is 1.00 e. The molecular formula is C35H42Br7ClN18Na2O13S. The number of hydrogen-bond acceptors (Lipinski definition) is 22. The van der Waals surface area contributed by atoms with Gasteiger partial charge in [0.25, 0.3) is 0 Å². The molecule has 0 aliphatic heterocycles. The second-order valence-electron chi connectivity index (χ2n) is 12.0. The Hall–Kier alpha value is -3.55. The van der Waals surface area contributed by atoms with Gasteiger partial charge in [-0.3, -0.25) is 14.0 Å². The maximum atomic E-state index is 10.7. The van der Waals surface area contributed by atoms with Crippen LogP contribution in [0.5, 0.6) is 0 Å². The number of nitro groups is 3. The number of fused-ring (bicyclic) bond motifs is 2. The van der Waals surface area contributed by atoms with Crippen molar-refractivity contribution in [2.24, 2.45) is 0 Å². The Bertz CT molecular complexity index is 3070. The van der Waals surface area contributed by atoms with E-state index in [9.17, 15) is 39.9 Å². The number of carbonyl (C=O) groups excluding carboxylic acids is 2. The van der Waals surface area contributed by atoms with E-state index in [-0.39, 0.29) is 130 Å². The van der Waals surface area contributed by atoms with Gasteiger partial charge < -0.3 is 72.8 Å². The summed E-state index contributed by atoms with van der Waals surface area (Å²) in [5.74, 6) is 1.33. The van der Waals surface area contributed by atoms with E-state index < -0.39 is 25.8 Å². The first-order valence-electron chi connectivity index (χ1n) is 18.2. The van der Waals surface area contributed by atoms with E-state index in [2.05, 4.69) is 163 Å². The standard InChI is InChI=1S/C6H6BrN3O3.C6H5N3O3.C6H7N3O.C3H2Br2N2.C3H2BrN3O2.C3H3BrN2.C3H5ClO.C3H4N2.2CH4.Br2.2Na.O3S/c1-4(11)2-9-3-8-5(7)6(9)10(12)13;1-4-2-8-3-7-5(9(10)11)6(8)12-4;1-4-2-9-3-8-5(7)6(9)10-4;4-2-3(5)7-1-6-2;4-2-3(7(8)9)6-1-5-2;4-3-1-5-2-6-3;1-3(5)2-4;1-2-5-3-4-1;;;1-2;;;1-4(2)3/h3H,2H2,1H3;2-3H,1H3;2-3H,7H2,1H3;1H,(H,6,7);1H,(H,5,6);1-2H,(H,5,6);2H2,1H3;1-3H,(H,4,5);2*1H4;;;;/q;;;;;;;;;;;2*+1;-2. The summed E-state index contributed by atoms with van der Waals surface area (Å²) in [6, 6.07) is 0. The third kappa shape index (κ3) is 34.9. The Labute approximate surface area is 544 Å². The summed E-state index contributed by atoms with van der Waals surface area (Å²) in [7, 11) is -3.11. The largest absolute Gasteiger partial charge is 1.00 e. The summed E-state index contributed by atoms with van der Waals surface area (Å²) in [6.07, 6.45) is 18.9. The summed E-state index contributed by atoms with van der Waals surface area (Å²) in [5, 5.41) is 30.8. The minimum absolute atomic E-state index is 0. The number of nitrogens with zero attached hydrogens (tertiary/aromatic N) is 13. The molecule has 0 atom stereocenters. The van der Waals surface area contributed by atoms with Crippen LogP contribution >= 0.6 is 120 Å². The van der Waals surface area contributed by atoms with Crippen molar-refractivity contribution in [2.75, 3.05) is 11.6 Å². The number of rotatable bonds is 6. The van der Waals surface area contributed by atoms with E-state index in [1.807, 2.05) is 13.1 Å². The number of nitrogen functional groups attached to an aromatic ring is 1.